The average Bonchev–Trinajstić information content (AvgIpc) is 2.37. The molecule has 0 heterocycles. The molecular formula is C14H21ClFNO3S. The number of halogens is 2. The maximum Gasteiger partial charge on any atom is 0.246 e. The van der Waals surface area contributed by atoms with Crippen molar-refractivity contribution < 1.29 is 17.9 Å². The number of rotatable bonds is 4. The summed E-state index contributed by atoms with van der Waals surface area (Å²) in [5.41, 5.74) is -0.450. The molecule has 0 fully saturated rings. The van der Waals surface area contributed by atoms with E-state index in [0.29, 0.717) is 0 Å². The van der Waals surface area contributed by atoms with Gasteiger partial charge in [-0.3, -0.25) is 0 Å². The zero-order valence-electron chi connectivity index (χ0n) is 12.8. The van der Waals surface area contributed by atoms with Gasteiger partial charge >= 0.3 is 0 Å². The lowest BCUT2D eigenvalue weighted by Gasteiger charge is -2.34. The van der Waals surface area contributed by atoms with Crippen LogP contribution in [-0.2, 0) is 16.6 Å². The third kappa shape index (κ3) is 3.74. The van der Waals surface area contributed by atoms with Crippen LogP contribution in [0.2, 0.25) is 5.02 Å². The number of aliphatic hydroxyl groups excluding tert-OH is 1. The van der Waals surface area contributed by atoms with Crippen molar-refractivity contribution in [3.8, 4) is 0 Å². The van der Waals surface area contributed by atoms with Crippen molar-refractivity contribution in [1.82, 2.24) is 4.31 Å². The summed E-state index contributed by atoms with van der Waals surface area (Å²) in [5.74, 6) is -0.963. The third-order valence-electron chi connectivity index (χ3n) is 3.71. The second-order valence-corrected chi connectivity index (χ2v) is 8.50. The van der Waals surface area contributed by atoms with E-state index in [1.807, 2.05) is 20.8 Å². The quantitative estimate of drug-likeness (QED) is 0.918. The Labute approximate surface area is 130 Å². The number of hydrogen-bond donors (Lipinski definition) is 1. The van der Waals surface area contributed by atoms with Crippen LogP contribution < -0.4 is 0 Å². The first-order valence-electron chi connectivity index (χ1n) is 6.49. The molecule has 1 atom stereocenters. The molecule has 0 aliphatic carbocycles. The molecule has 1 N–H and O–H groups in total. The predicted molar refractivity (Wildman–Crippen MR) is 81.2 cm³/mol. The van der Waals surface area contributed by atoms with Crippen molar-refractivity contribution >= 4 is 21.6 Å². The highest BCUT2D eigenvalue weighted by molar-refractivity contribution is 7.89. The lowest BCUT2D eigenvalue weighted by atomic mass is 9.88. The van der Waals surface area contributed by atoms with Gasteiger partial charge in [0.2, 0.25) is 10.0 Å². The minimum Gasteiger partial charge on any atom is -0.392 e. The second-order valence-electron chi connectivity index (χ2n) is 6.10. The summed E-state index contributed by atoms with van der Waals surface area (Å²) < 4.78 is 40.6. The van der Waals surface area contributed by atoms with Crippen LogP contribution in [0, 0.1) is 11.2 Å². The van der Waals surface area contributed by atoms with Crippen LogP contribution in [0.4, 0.5) is 4.39 Å². The monoisotopic (exact) mass is 337 g/mol. The van der Waals surface area contributed by atoms with E-state index in [1.165, 1.54) is 13.1 Å². The summed E-state index contributed by atoms with van der Waals surface area (Å²) in [6.07, 6.45) is 0. The topological polar surface area (TPSA) is 57.6 Å². The Balaban J connectivity index is 3.42. The van der Waals surface area contributed by atoms with Gasteiger partial charge in [-0.25, -0.2) is 12.8 Å². The molecule has 0 spiro atoms. The average molecular weight is 338 g/mol. The van der Waals surface area contributed by atoms with Crippen LogP contribution in [-0.4, -0.2) is 30.9 Å². The molecule has 0 aromatic heterocycles. The smallest absolute Gasteiger partial charge is 0.246 e. The lowest BCUT2D eigenvalue weighted by molar-refractivity contribution is 0.216. The molecule has 0 saturated heterocycles. The summed E-state index contributed by atoms with van der Waals surface area (Å²) in [6.45, 7) is 6.84. The fraction of sp³-hybridized carbons (Fsp3) is 0.571. The Morgan fingerprint density at radius 1 is 1.38 bits per heavy atom. The van der Waals surface area contributed by atoms with Gasteiger partial charge in [-0.2, -0.15) is 4.31 Å². The predicted octanol–water partition coefficient (Wildman–Crippen LogP) is 3.03. The molecule has 1 rings (SSSR count). The highest BCUT2D eigenvalue weighted by Gasteiger charge is 2.34. The van der Waals surface area contributed by atoms with Crippen LogP contribution in [0.5, 0.6) is 0 Å². The van der Waals surface area contributed by atoms with Crippen molar-refractivity contribution in [3.63, 3.8) is 0 Å². The number of benzene rings is 1. The largest absolute Gasteiger partial charge is 0.392 e. The summed E-state index contributed by atoms with van der Waals surface area (Å²) in [6, 6.07) is 1.93. The first-order chi connectivity index (χ1) is 9.42. The van der Waals surface area contributed by atoms with Crippen LogP contribution >= 0.6 is 11.6 Å². The first kappa shape index (κ1) is 18.4. The molecule has 4 nitrogen and oxygen atoms in total. The molecule has 0 radical (unpaired) electrons. The normalized spacial score (nSPS) is 14.5. The minimum atomic E-state index is -4.04. The summed E-state index contributed by atoms with van der Waals surface area (Å²) in [5, 5.41) is 9.17. The van der Waals surface area contributed by atoms with Gasteiger partial charge in [0.1, 0.15) is 10.7 Å². The molecule has 21 heavy (non-hydrogen) atoms. The maximum absolute atomic E-state index is 14.2. The highest BCUT2D eigenvalue weighted by atomic mass is 35.5. The van der Waals surface area contributed by atoms with Gasteiger partial charge in [0.05, 0.1) is 6.61 Å². The Kier molecular flexibility index (Phi) is 5.42. The molecule has 1 aromatic carbocycles. The molecular weight excluding hydrogens is 317 g/mol. The molecule has 0 amide bonds. The Morgan fingerprint density at radius 3 is 2.33 bits per heavy atom. The highest BCUT2D eigenvalue weighted by Crippen LogP contribution is 2.31. The fourth-order valence-corrected chi connectivity index (χ4v) is 3.81. The van der Waals surface area contributed by atoms with Crippen LogP contribution in [0.3, 0.4) is 0 Å². The van der Waals surface area contributed by atoms with E-state index in [0.717, 1.165) is 10.4 Å². The van der Waals surface area contributed by atoms with E-state index in [9.17, 15) is 12.8 Å². The zero-order chi connectivity index (χ0) is 16.6. The van der Waals surface area contributed by atoms with E-state index >= 15 is 0 Å². The van der Waals surface area contributed by atoms with Crippen LogP contribution in [0.25, 0.3) is 0 Å². The molecule has 7 heteroatoms. The van der Waals surface area contributed by atoms with Gasteiger partial charge < -0.3 is 5.11 Å². The maximum atomic E-state index is 14.2. The number of sulfonamides is 1. The summed E-state index contributed by atoms with van der Waals surface area (Å²) in [7, 11) is -2.64. The second kappa shape index (κ2) is 6.20. The van der Waals surface area contributed by atoms with Crippen LogP contribution in [0.15, 0.2) is 17.0 Å². The number of aliphatic hydroxyl groups is 1. The molecule has 1 aromatic rings. The molecule has 0 saturated carbocycles. The van der Waals surface area contributed by atoms with Gasteiger partial charge in [0, 0.05) is 23.7 Å². The van der Waals surface area contributed by atoms with E-state index < -0.39 is 27.3 Å². The molecule has 120 valence electrons. The minimum absolute atomic E-state index is 0.0656. The molecule has 0 bridgehead atoms. The van der Waals surface area contributed by atoms with Gasteiger partial charge in [0.15, 0.2) is 0 Å². The Bertz CT molecular complexity index is 626. The summed E-state index contributed by atoms with van der Waals surface area (Å²) in [4.78, 5) is -0.516. The van der Waals surface area contributed by atoms with E-state index in [1.54, 1.807) is 6.92 Å². The van der Waals surface area contributed by atoms with Gasteiger partial charge in [-0.15, -0.1) is 0 Å². The number of nitrogens with zero attached hydrogens (tertiary/aromatic N) is 1. The van der Waals surface area contributed by atoms with Crippen molar-refractivity contribution in [2.45, 2.75) is 45.2 Å². The third-order valence-corrected chi connectivity index (χ3v) is 5.85. The molecule has 0 aliphatic rings. The number of hydrogen-bond acceptors (Lipinski definition) is 3. The van der Waals surface area contributed by atoms with Gasteiger partial charge in [-0.1, -0.05) is 32.4 Å². The fourth-order valence-electron chi connectivity index (χ4n) is 1.83. The standard InChI is InChI=1S/C14H21ClFNO3S/c1-9(14(2,3)4)17(5)21(19,20)12-7-11(15)6-10(8-18)13(12)16/h6-7,9,18H,8H2,1-5H3. The molecule has 0 aliphatic heterocycles. The van der Waals surface area contributed by atoms with Crippen molar-refractivity contribution in [3.05, 3.63) is 28.5 Å². The van der Waals surface area contributed by atoms with E-state index in [4.69, 9.17) is 16.7 Å². The van der Waals surface area contributed by atoms with Crippen LogP contribution in [0.1, 0.15) is 33.3 Å². The van der Waals surface area contributed by atoms with Gasteiger partial charge in [0.25, 0.3) is 0 Å². The van der Waals surface area contributed by atoms with Gasteiger partial charge in [-0.05, 0) is 24.5 Å². The first-order valence-corrected chi connectivity index (χ1v) is 8.31. The van der Waals surface area contributed by atoms with Crippen molar-refractivity contribution in [2.24, 2.45) is 5.41 Å². The van der Waals surface area contributed by atoms with Crippen molar-refractivity contribution in [1.29, 1.82) is 0 Å². The van der Waals surface area contributed by atoms with E-state index in [2.05, 4.69) is 0 Å². The Hall–Kier alpha value is -0.690. The summed E-state index contributed by atoms with van der Waals surface area (Å²) >= 11 is 5.82. The molecule has 1 unspecified atom stereocenters. The zero-order valence-corrected chi connectivity index (χ0v) is 14.4. The SMILES string of the molecule is CC(N(C)S(=O)(=O)c1cc(Cl)cc(CO)c1F)C(C)(C)C. The van der Waals surface area contributed by atoms with Crippen molar-refractivity contribution in [2.75, 3.05) is 7.05 Å². The lowest BCUT2D eigenvalue weighted by Crippen LogP contribution is -2.43. The van der Waals surface area contributed by atoms with E-state index in [-0.39, 0.29) is 22.0 Å². The Morgan fingerprint density at radius 2 is 1.90 bits per heavy atom.